The van der Waals surface area contributed by atoms with Crippen LogP contribution < -0.4 is 43.4 Å². The molecule has 1 aliphatic carbocycles. The number of fused-ring (bicyclic) bond motifs is 9. The first kappa shape index (κ1) is 72.0. The molecule has 1 aromatic carbocycles. The predicted molar refractivity (Wildman–Crippen MR) is 361 cm³/mol. The van der Waals surface area contributed by atoms with E-state index in [9.17, 15) is 63.0 Å². The van der Waals surface area contributed by atoms with Gasteiger partial charge in [-0.2, -0.15) is 4.98 Å². The van der Waals surface area contributed by atoms with E-state index < -0.39 is 88.8 Å². The van der Waals surface area contributed by atoms with Crippen LogP contribution in [-0.4, -0.2) is 166 Å². The number of aromatic nitrogens is 8. The van der Waals surface area contributed by atoms with Gasteiger partial charge < -0.3 is 61.4 Å². The number of ketones is 2. The minimum atomic E-state index is -1.39. The largest absolute Gasteiger partial charge is 0.480 e. The van der Waals surface area contributed by atoms with E-state index in [4.69, 9.17) is 29.9 Å². The highest BCUT2D eigenvalue weighted by atomic mass is 33.1. The fraction of sp³-hybridized carbons (Fsp3) is 0.415. The Balaban J connectivity index is 0.679. The van der Waals surface area contributed by atoms with Crippen LogP contribution >= 0.6 is 21.6 Å². The molecule has 518 valence electrons. The number of aryl methyl sites for hydroxylation is 2. The number of ether oxygens (including phenoxy) is 3. The summed E-state index contributed by atoms with van der Waals surface area (Å²) in [6, 6.07) is 9.15. The molecule has 6 aromatic rings. The van der Waals surface area contributed by atoms with E-state index in [2.05, 4.69) is 75.9 Å². The number of hydrogen-bond acceptors (Lipinski definition) is 23. The molecule has 0 spiro atoms. The Kier molecular flexibility index (Phi) is 23.6. The van der Waals surface area contributed by atoms with Crippen LogP contribution in [-0.2, 0) is 49.5 Å². The number of rotatable bonds is 29. The van der Waals surface area contributed by atoms with Crippen LogP contribution in [0.15, 0.2) is 53.5 Å². The van der Waals surface area contributed by atoms with E-state index in [0.717, 1.165) is 28.6 Å². The maximum absolute atomic E-state index is 14.5. The Morgan fingerprint density at radius 3 is 2.16 bits per heavy atom. The zero-order chi connectivity index (χ0) is 70.6. The number of anilines is 2. The number of nitrogens with zero attached hydrogens (tertiary/aromatic N) is 5. The number of aliphatic carboxylic acids is 2. The van der Waals surface area contributed by atoms with Gasteiger partial charge in [0, 0.05) is 117 Å². The molecule has 9 rings (SSSR count). The highest BCUT2D eigenvalue weighted by molar-refractivity contribution is 8.76. The van der Waals surface area contributed by atoms with Crippen LogP contribution in [0.25, 0.3) is 33.2 Å². The number of hydrogen-bond donors (Lipinski definition) is 12. The van der Waals surface area contributed by atoms with Crippen molar-refractivity contribution in [3.8, 4) is 0 Å². The lowest BCUT2D eigenvalue weighted by Crippen LogP contribution is -2.42. The summed E-state index contributed by atoms with van der Waals surface area (Å²) in [7, 11) is 3.49. The van der Waals surface area contributed by atoms with Crippen LogP contribution in [0, 0.1) is 13.8 Å². The summed E-state index contributed by atoms with van der Waals surface area (Å²) in [5.41, 5.74) is 18.3. The molecule has 5 aromatic heterocycles. The average molecular weight is 1390 g/mol. The average Bonchev–Trinajstić information content (AvgIpc) is 1.56. The summed E-state index contributed by atoms with van der Waals surface area (Å²) in [5.74, 6) is -8.59. The van der Waals surface area contributed by atoms with Crippen molar-refractivity contribution in [2.24, 2.45) is 0 Å². The number of hydrazine groups is 1. The Labute approximate surface area is 567 Å². The van der Waals surface area contributed by atoms with E-state index in [-0.39, 0.29) is 117 Å². The van der Waals surface area contributed by atoms with Gasteiger partial charge in [0.2, 0.25) is 23.7 Å². The summed E-state index contributed by atoms with van der Waals surface area (Å²) in [5, 5.41) is 30.0. The molecule has 8 bridgehead atoms. The van der Waals surface area contributed by atoms with Crippen molar-refractivity contribution < 1.29 is 72.4 Å². The summed E-state index contributed by atoms with van der Waals surface area (Å²) in [6.45, 7) is 11.2. The number of nitrogens with one attached hydrogen (secondary N) is 9. The van der Waals surface area contributed by atoms with Crippen molar-refractivity contribution >= 4 is 126 Å². The highest BCUT2D eigenvalue weighted by Gasteiger charge is 2.46. The van der Waals surface area contributed by atoms with Crippen molar-refractivity contribution in [2.75, 3.05) is 56.0 Å². The van der Waals surface area contributed by atoms with Gasteiger partial charge in [-0.05, 0) is 93.6 Å². The lowest BCUT2D eigenvalue weighted by Gasteiger charge is -2.19. The van der Waals surface area contributed by atoms with E-state index in [1.807, 2.05) is 39.0 Å². The number of esters is 1. The molecule has 2 aliphatic heterocycles. The molecule has 0 saturated heterocycles. The van der Waals surface area contributed by atoms with E-state index in [1.54, 1.807) is 12.1 Å². The Morgan fingerprint density at radius 1 is 0.745 bits per heavy atom. The molecule has 0 fully saturated rings. The van der Waals surface area contributed by atoms with Gasteiger partial charge in [0.15, 0.2) is 22.7 Å². The minimum Gasteiger partial charge on any atom is -0.480 e. The molecule has 0 radical (unpaired) electrons. The van der Waals surface area contributed by atoms with Gasteiger partial charge in [-0.25, -0.2) is 29.8 Å². The molecule has 1 unspecified atom stereocenters. The smallest absolute Gasteiger partial charge is 0.426 e. The van der Waals surface area contributed by atoms with Crippen LogP contribution in [0.4, 0.5) is 16.4 Å². The Morgan fingerprint density at radius 2 is 1.45 bits per heavy atom. The van der Waals surface area contributed by atoms with Gasteiger partial charge in [-0.15, -0.1) is 0 Å². The topological polar surface area (TPSA) is 466 Å². The van der Waals surface area contributed by atoms with E-state index >= 15 is 0 Å². The first-order chi connectivity index (χ1) is 46.8. The molecule has 7 heterocycles. The molecule has 3 aliphatic rings. The summed E-state index contributed by atoms with van der Waals surface area (Å²) >= 11 is 0. The van der Waals surface area contributed by atoms with Crippen molar-refractivity contribution in [2.45, 2.75) is 128 Å². The van der Waals surface area contributed by atoms with Crippen molar-refractivity contribution in [3.63, 3.8) is 0 Å². The number of nitrogens with two attached hydrogens (primary N) is 1. The predicted octanol–water partition coefficient (Wildman–Crippen LogP) is 5.67. The number of amides is 5. The van der Waals surface area contributed by atoms with Crippen molar-refractivity contribution in [1.29, 1.82) is 0 Å². The van der Waals surface area contributed by atoms with Gasteiger partial charge in [0.25, 0.3) is 11.5 Å². The highest BCUT2D eigenvalue weighted by Crippen LogP contribution is 2.48. The Bertz CT molecular complexity index is 4370. The second-order valence-corrected chi connectivity index (χ2v) is 26.2. The third-order valence-electron chi connectivity index (χ3n) is 17.2. The van der Waals surface area contributed by atoms with Crippen LogP contribution in [0.1, 0.15) is 172 Å². The number of methoxy groups -OCH3 is 1. The van der Waals surface area contributed by atoms with Gasteiger partial charge in [-0.1, -0.05) is 42.4 Å². The third-order valence-corrected chi connectivity index (χ3v) is 19.6. The quantitative estimate of drug-likeness (QED) is 0.00672. The zero-order valence-corrected chi connectivity index (χ0v) is 56.2. The molecule has 13 N–H and O–H groups in total. The van der Waals surface area contributed by atoms with Gasteiger partial charge >= 0.3 is 24.0 Å². The van der Waals surface area contributed by atoms with Crippen molar-refractivity contribution in [3.05, 3.63) is 121 Å². The summed E-state index contributed by atoms with van der Waals surface area (Å²) in [6.07, 6.45) is 0.550. The zero-order valence-electron chi connectivity index (χ0n) is 54.6. The number of carboxylic acid groups (broad SMARTS) is 2. The maximum atomic E-state index is 14.5. The number of benzene rings is 1. The van der Waals surface area contributed by atoms with E-state index in [0.29, 0.717) is 72.7 Å². The molecule has 5 amide bonds. The van der Waals surface area contributed by atoms with Crippen molar-refractivity contribution in [1.82, 2.24) is 66.7 Å². The lowest BCUT2D eigenvalue weighted by atomic mass is 9.84. The van der Waals surface area contributed by atoms with E-state index in [1.165, 1.54) is 43.2 Å². The molecule has 31 nitrogen and oxygen atoms in total. The standard InChI is InChI=1S/C65H75N15O16S2/c1-8-37-29(2)40-25-45-50(33(6)81)31(4)42(72-45)23-41-30(3)38(54(74-41)52-53(63(92)94-7)57(85)51-32(5)43(75-55(51)52)24-44(37)71-40)13-15-49(84)79-80-65(93)96-21-22-97-98-28-46(62(90)91)73-48(83)17-19-95-20-18-67-47(82)16-14-39(61(88)89)76-59(86)34-9-11-35(12-10-34)68-26-36-27-69-58-56(70-36)60(87)78-64(66)77-58/h9-12,23-25,27,29-30,37-39,46,53,68,72,75H,8,13-22,26,28H2,1-7H3,(H,67,82)(H,73,83)(H,76,86)(H,79,84)(H,80,93)(H,88,89)(H,90,91)(H3,66,69,77,78,87)/t29-,30+,37-,38+,39+,46+,53?/m1/s1. The monoisotopic (exact) mass is 1390 g/mol. The lowest BCUT2D eigenvalue weighted by molar-refractivity contribution is -0.141. The number of carboxylic acids is 2. The first-order valence-electron chi connectivity index (χ1n) is 31.5. The second kappa shape index (κ2) is 32.2. The van der Waals surface area contributed by atoms with Gasteiger partial charge in [-0.3, -0.25) is 58.7 Å². The molecule has 7 atom stereocenters. The SMILES string of the molecule is CC[C@H]1c2cc3[nH]c4c(c3C)C(=O)C(C(=O)OC)c4c3nc(cc4[nH]c(cc(n2)[C@@H]1C)c(C(C)=O)c4C)[C@@H](C)[C@@H]3CCC(=O)NNC(=O)OCCSSC[C@H](NC(=O)CCOCCNC(=O)CC[C@H](NC(=O)c1ccc(NCc2cnc3nc(N)[nH]c(=O)c3n2)cc1)C(=O)O)C(=O)O. The second-order valence-electron chi connectivity index (χ2n) is 23.6. The number of H-pyrrole nitrogens is 3. The minimum absolute atomic E-state index is 0.00716. The number of nitrogen functional groups attached to an aromatic ring is 1. The number of carbonyl (C=O) groups is 10. The number of carbonyl (C=O) groups excluding carboxylic acids is 8. The fourth-order valence-corrected chi connectivity index (χ4v) is 14.0. The van der Waals surface area contributed by atoms with Crippen LogP contribution in [0.5, 0.6) is 0 Å². The Hall–Kier alpha value is -10.3. The summed E-state index contributed by atoms with van der Waals surface area (Å²) < 4.78 is 15.9. The molecule has 98 heavy (non-hydrogen) atoms. The maximum Gasteiger partial charge on any atom is 0.426 e. The normalized spacial score (nSPS) is 16.7. The molecule has 33 heteroatoms. The molecule has 0 saturated carbocycles. The number of Topliss-reactive ketones (excluding diaryl/α,β-unsaturated/α-hetero) is 2. The third kappa shape index (κ3) is 16.9. The fourth-order valence-electron chi connectivity index (χ4n) is 12.0. The molecular weight excluding hydrogens is 1310 g/mol. The van der Waals surface area contributed by atoms with Gasteiger partial charge in [0.05, 0.1) is 55.5 Å². The summed E-state index contributed by atoms with van der Waals surface area (Å²) in [4.78, 5) is 174. The van der Waals surface area contributed by atoms with Gasteiger partial charge in [0.1, 0.15) is 24.6 Å². The number of aromatic amines is 3. The first-order valence-corrected chi connectivity index (χ1v) is 34.0. The van der Waals surface area contributed by atoms with Crippen LogP contribution in [0.2, 0.25) is 0 Å². The molecular formula is C65H75N15O16S2. The van der Waals surface area contributed by atoms with Crippen LogP contribution in [0.3, 0.4) is 0 Å².